The first kappa shape index (κ1) is 23.9. The Balaban J connectivity index is 1.58. The van der Waals surface area contributed by atoms with Gasteiger partial charge in [0.1, 0.15) is 19.8 Å². The first-order valence-corrected chi connectivity index (χ1v) is 12.6. The number of rotatable bonds is 7. The number of anilines is 1. The largest absolute Gasteiger partial charge is 0.486 e. The fourth-order valence-electron chi connectivity index (χ4n) is 3.62. The van der Waals surface area contributed by atoms with Gasteiger partial charge in [0.2, 0.25) is 5.91 Å². The molecule has 0 aliphatic carbocycles. The van der Waals surface area contributed by atoms with Gasteiger partial charge >= 0.3 is 0 Å². The highest BCUT2D eigenvalue weighted by atomic mass is 35.5. The Bertz CT molecular complexity index is 1290. The van der Waals surface area contributed by atoms with Crippen molar-refractivity contribution in [1.29, 1.82) is 0 Å². The zero-order chi connectivity index (χ0) is 24.3. The molecule has 3 aromatic carbocycles. The minimum Gasteiger partial charge on any atom is -0.486 e. The first-order chi connectivity index (χ1) is 16.3. The van der Waals surface area contributed by atoms with Crippen LogP contribution < -0.4 is 19.1 Å². The Morgan fingerprint density at radius 3 is 2.41 bits per heavy atom. The van der Waals surface area contributed by atoms with Crippen LogP contribution in [0.15, 0.2) is 71.6 Å². The van der Waals surface area contributed by atoms with Crippen molar-refractivity contribution in [3.8, 4) is 11.5 Å². The second kappa shape index (κ2) is 9.95. The molecule has 0 bridgehead atoms. The van der Waals surface area contributed by atoms with Gasteiger partial charge < -0.3 is 14.8 Å². The number of sulfonamides is 1. The van der Waals surface area contributed by atoms with E-state index in [1.54, 1.807) is 42.5 Å². The monoisotopic (exact) mass is 500 g/mol. The highest BCUT2D eigenvalue weighted by Gasteiger charge is 2.29. The van der Waals surface area contributed by atoms with E-state index in [-0.39, 0.29) is 15.6 Å². The zero-order valence-corrected chi connectivity index (χ0v) is 20.4. The SMILES string of the molecule is Cc1ccc(S(=O)(=O)N(CC(=O)N[C@H](C)c2ccc3c(c2)OCCO3)c2ccccc2Cl)cc1. The van der Waals surface area contributed by atoms with Crippen LogP contribution in [0.2, 0.25) is 5.02 Å². The van der Waals surface area contributed by atoms with E-state index in [4.69, 9.17) is 21.1 Å². The van der Waals surface area contributed by atoms with Crippen LogP contribution in [0.3, 0.4) is 0 Å². The molecule has 3 aromatic rings. The predicted octanol–water partition coefficient (Wildman–Crippen LogP) is 4.49. The topological polar surface area (TPSA) is 84.9 Å². The van der Waals surface area contributed by atoms with Crippen LogP contribution in [0.25, 0.3) is 0 Å². The maximum Gasteiger partial charge on any atom is 0.264 e. The lowest BCUT2D eigenvalue weighted by Gasteiger charge is -2.26. The number of nitrogens with zero attached hydrogens (tertiary/aromatic N) is 1. The van der Waals surface area contributed by atoms with E-state index in [2.05, 4.69) is 5.32 Å². The van der Waals surface area contributed by atoms with Crippen LogP contribution in [-0.4, -0.2) is 34.1 Å². The summed E-state index contributed by atoms with van der Waals surface area (Å²) in [6.07, 6.45) is 0. The fourth-order valence-corrected chi connectivity index (χ4v) is 5.35. The van der Waals surface area contributed by atoms with E-state index in [9.17, 15) is 13.2 Å². The molecule has 0 radical (unpaired) electrons. The highest BCUT2D eigenvalue weighted by molar-refractivity contribution is 7.92. The first-order valence-electron chi connectivity index (χ1n) is 10.8. The van der Waals surface area contributed by atoms with E-state index >= 15 is 0 Å². The summed E-state index contributed by atoms with van der Waals surface area (Å²) in [5, 5.41) is 3.10. The summed E-state index contributed by atoms with van der Waals surface area (Å²) in [5.74, 6) is 0.796. The molecule has 0 unspecified atom stereocenters. The maximum absolute atomic E-state index is 13.5. The van der Waals surface area contributed by atoms with Gasteiger partial charge in [0.15, 0.2) is 11.5 Å². The standard InChI is InChI=1S/C25H25ClN2O5S/c1-17-7-10-20(11-8-17)34(30,31)28(22-6-4-3-5-21(22)26)16-25(29)27-18(2)19-9-12-23-24(15-19)33-14-13-32-23/h3-12,15,18H,13-14,16H2,1-2H3,(H,27,29)/t18-/m1/s1. The molecule has 9 heteroatoms. The molecule has 0 spiro atoms. The molecule has 4 rings (SSSR count). The van der Waals surface area contributed by atoms with E-state index in [0.717, 1.165) is 15.4 Å². The van der Waals surface area contributed by atoms with Crippen LogP contribution >= 0.6 is 11.6 Å². The molecule has 178 valence electrons. The average molecular weight is 501 g/mol. The molecule has 1 amide bonds. The number of fused-ring (bicyclic) bond motifs is 1. The number of carbonyl (C=O) groups is 1. The summed E-state index contributed by atoms with van der Waals surface area (Å²) in [6.45, 7) is 4.20. The van der Waals surface area contributed by atoms with Gasteiger partial charge in [-0.3, -0.25) is 9.10 Å². The maximum atomic E-state index is 13.5. The van der Waals surface area contributed by atoms with E-state index < -0.39 is 28.5 Å². The molecule has 1 N–H and O–H groups in total. The van der Waals surface area contributed by atoms with Crippen molar-refractivity contribution in [1.82, 2.24) is 5.32 Å². The molecule has 1 aliphatic rings. The van der Waals surface area contributed by atoms with Crippen molar-refractivity contribution in [2.24, 2.45) is 0 Å². The second-order valence-electron chi connectivity index (χ2n) is 7.97. The molecule has 1 aliphatic heterocycles. The molecule has 1 heterocycles. The van der Waals surface area contributed by atoms with Crippen molar-refractivity contribution in [2.75, 3.05) is 24.1 Å². The van der Waals surface area contributed by atoms with Gasteiger partial charge in [0.25, 0.3) is 10.0 Å². The Kier molecular flexibility index (Phi) is 7.00. The van der Waals surface area contributed by atoms with Crippen molar-refractivity contribution >= 4 is 33.2 Å². The Hall–Kier alpha value is -3.23. The summed E-state index contributed by atoms with van der Waals surface area (Å²) < 4.78 is 39.2. The summed E-state index contributed by atoms with van der Waals surface area (Å²) in [5.41, 5.74) is 1.96. The smallest absolute Gasteiger partial charge is 0.264 e. The molecular weight excluding hydrogens is 476 g/mol. The van der Waals surface area contributed by atoms with E-state index in [1.807, 2.05) is 26.0 Å². The third kappa shape index (κ3) is 5.13. The average Bonchev–Trinajstić information content (AvgIpc) is 2.83. The van der Waals surface area contributed by atoms with Gasteiger partial charge in [0.05, 0.1) is 21.6 Å². The van der Waals surface area contributed by atoms with Gasteiger partial charge in [-0.15, -0.1) is 0 Å². The van der Waals surface area contributed by atoms with Crippen LogP contribution in [0.4, 0.5) is 5.69 Å². The number of halogens is 1. The summed E-state index contributed by atoms with van der Waals surface area (Å²) >= 11 is 6.33. The number of para-hydroxylation sites is 1. The molecular formula is C25H25ClN2O5S. The molecule has 0 fully saturated rings. The summed E-state index contributed by atoms with van der Waals surface area (Å²) in [7, 11) is -4.05. The predicted molar refractivity (Wildman–Crippen MR) is 131 cm³/mol. The summed E-state index contributed by atoms with van der Waals surface area (Å²) in [4.78, 5) is 13.1. The van der Waals surface area contributed by atoms with Crippen LogP contribution in [0, 0.1) is 6.92 Å². The molecule has 0 saturated carbocycles. The van der Waals surface area contributed by atoms with Gasteiger partial charge in [-0.1, -0.05) is 47.5 Å². The fraction of sp³-hybridized carbons (Fsp3) is 0.240. The normalized spacial score (nSPS) is 13.7. The second-order valence-corrected chi connectivity index (χ2v) is 10.2. The highest BCUT2D eigenvalue weighted by Crippen LogP contribution is 2.33. The number of aryl methyl sites for hydroxylation is 1. The number of carbonyl (C=O) groups excluding carboxylic acids is 1. The number of hydrogen-bond acceptors (Lipinski definition) is 5. The van der Waals surface area contributed by atoms with Crippen molar-refractivity contribution in [3.63, 3.8) is 0 Å². The van der Waals surface area contributed by atoms with Crippen molar-refractivity contribution < 1.29 is 22.7 Å². The zero-order valence-electron chi connectivity index (χ0n) is 18.8. The number of hydrogen-bond donors (Lipinski definition) is 1. The van der Waals surface area contributed by atoms with E-state index in [1.165, 1.54) is 12.1 Å². The minimum absolute atomic E-state index is 0.0747. The van der Waals surface area contributed by atoms with Crippen LogP contribution in [0.1, 0.15) is 24.1 Å². The lowest BCUT2D eigenvalue weighted by molar-refractivity contribution is -0.120. The minimum atomic E-state index is -4.05. The Labute approximate surface area is 204 Å². The van der Waals surface area contributed by atoms with E-state index in [0.29, 0.717) is 24.7 Å². The molecule has 0 aromatic heterocycles. The van der Waals surface area contributed by atoms with Gasteiger partial charge in [-0.25, -0.2) is 8.42 Å². The third-order valence-electron chi connectivity index (χ3n) is 5.46. The lowest BCUT2D eigenvalue weighted by Crippen LogP contribution is -2.41. The Morgan fingerprint density at radius 2 is 1.71 bits per heavy atom. The van der Waals surface area contributed by atoms with Crippen molar-refractivity contribution in [2.45, 2.75) is 24.8 Å². The van der Waals surface area contributed by atoms with Crippen LogP contribution in [-0.2, 0) is 14.8 Å². The lowest BCUT2D eigenvalue weighted by atomic mass is 10.1. The quantitative estimate of drug-likeness (QED) is 0.516. The van der Waals surface area contributed by atoms with Gasteiger partial charge in [-0.2, -0.15) is 0 Å². The van der Waals surface area contributed by atoms with Gasteiger partial charge in [-0.05, 0) is 55.8 Å². The van der Waals surface area contributed by atoms with Crippen molar-refractivity contribution in [3.05, 3.63) is 82.9 Å². The number of ether oxygens (including phenoxy) is 2. The molecule has 34 heavy (non-hydrogen) atoms. The third-order valence-corrected chi connectivity index (χ3v) is 7.55. The summed E-state index contributed by atoms with van der Waals surface area (Å²) in [6, 6.07) is 18.1. The number of nitrogens with one attached hydrogen (secondary N) is 1. The molecule has 7 nitrogen and oxygen atoms in total. The molecule has 0 saturated heterocycles. The van der Waals surface area contributed by atoms with Crippen LogP contribution in [0.5, 0.6) is 11.5 Å². The number of amides is 1. The Morgan fingerprint density at radius 1 is 1.03 bits per heavy atom. The van der Waals surface area contributed by atoms with Gasteiger partial charge in [0, 0.05) is 0 Å². The molecule has 1 atom stereocenters. The number of benzene rings is 3.